The number of ether oxygens (including phenoxy) is 2. The van der Waals surface area contributed by atoms with E-state index in [-0.39, 0.29) is 6.61 Å². The van der Waals surface area contributed by atoms with Crippen molar-refractivity contribution in [3.63, 3.8) is 0 Å². The maximum atomic E-state index is 5.94. The van der Waals surface area contributed by atoms with Crippen LogP contribution in [-0.2, 0) is 0 Å². The number of imidazole rings is 1. The molecule has 0 atom stereocenters. The first kappa shape index (κ1) is 13.8. The van der Waals surface area contributed by atoms with Crippen molar-refractivity contribution < 1.29 is 9.47 Å². The van der Waals surface area contributed by atoms with Crippen LogP contribution in [-0.4, -0.2) is 23.7 Å². The van der Waals surface area contributed by atoms with Crippen LogP contribution in [0.1, 0.15) is 0 Å². The Morgan fingerprint density at radius 2 is 2.18 bits per heavy atom. The second-order valence-corrected chi connectivity index (χ2v) is 4.68. The second kappa shape index (κ2) is 5.70. The SMILES string of the molecule is C#CCOc1ccc(-c2nc3c(N)cccc3[nH]2)c(OC)c1. The van der Waals surface area contributed by atoms with Crippen LogP contribution >= 0.6 is 0 Å². The zero-order valence-corrected chi connectivity index (χ0v) is 12.1. The molecule has 0 saturated heterocycles. The Balaban J connectivity index is 2.06. The van der Waals surface area contributed by atoms with Crippen molar-refractivity contribution in [3.8, 4) is 35.2 Å². The van der Waals surface area contributed by atoms with Gasteiger partial charge in [0.2, 0.25) is 0 Å². The van der Waals surface area contributed by atoms with Crippen molar-refractivity contribution in [2.45, 2.75) is 0 Å². The van der Waals surface area contributed by atoms with E-state index < -0.39 is 0 Å². The first-order valence-electron chi connectivity index (χ1n) is 6.72. The van der Waals surface area contributed by atoms with E-state index in [1.54, 1.807) is 13.2 Å². The molecular formula is C17H15N3O2. The molecule has 0 aliphatic carbocycles. The predicted octanol–water partition coefficient (Wildman–Crippen LogP) is 2.83. The molecule has 110 valence electrons. The van der Waals surface area contributed by atoms with E-state index in [1.165, 1.54) is 0 Å². The number of aromatic nitrogens is 2. The monoisotopic (exact) mass is 293 g/mol. The number of hydrogen-bond donors (Lipinski definition) is 2. The second-order valence-electron chi connectivity index (χ2n) is 4.68. The maximum absolute atomic E-state index is 5.94. The van der Waals surface area contributed by atoms with Gasteiger partial charge in [-0.2, -0.15) is 0 Å². The van der Waals surface area contributed by atoms with Crippen LogP contribution < -0.4 is 15.2 Å². The van der Waals surface area contributed by atoms with Gasteiger partial charge in [0.15, 0.2) is 0 Å². The molecule has 0 fully saturated rings. The van der Waals surface area contributed by atoms with Crippen LogP contribution in [0.15, 0.2) is 36.4 Å². The Labute approximate surface area is 128 Å². The summed E-state index contributed by atoms with van der Waals surface area (Å²) >= 11 is 0. The number of rotatable bonds is 4. The molecule has 3 aromatic rings. The third-order valence-corrected chi connectivity index (χ3v) is 3.29. The van der Waals surface area contributed by atoms with Crippen molar-refractivity contribution in [3.05, 3.63) is 36.4 Å². The van der Waals surface area contributed by atoms with Gasteiger partial charge < -0.3 is 20.2 Å². The van der Waals surface area contributed by atoms with Gasteiger partial charge in [-0.15, -0.1) is 6.42 Å². The molecular weight excluding hydrogens is 278 g/mol. The molecule has 0 saturated carbocycles. The van der Waals surface area contributed by atoms with Gasteiger partial charge >= 0.3 is 0 Å². The summed E-state index contributed by atoms with van der Waals surface area (Å²) in [4.78, 5) is 7.79. The quantitative estimate of drug-likeness (QED) is 0.573. The van der Waals surface area contributed by atoms with Gasteiger partial charge in [-0.25, -0.2) is 4.98 Å². The Morgan fingerprint density at radius 1 is 1.32 bits per heavy atom. The van der Waals surface area contributed by atoms with Gasteiger partial charge in [-0.05, 0) is 24.3 Å². The minimum absolute atomic E-state index is 0.212. The number of aromatic amines is 1. The Kier molecular flexibility index (Phi) is 3.58. The van der Waals surface area contributed by atoms with Crippen molar-refractivity contribution in [2.75, 3.05) is 19.5 Å². The Hall–Kier alpha value is -3.13. The Bertz CT molecular complexity index is 862. The molecule has 0 bridgehead atoms. The number of nitrogens with one attached hydrogen (secondary N) is 1. The number of para-hydroxylation sites is 1. The zero-order valence-electron chi connectivity index (χ0n) is 12.1. The molecule has 22 heavy (non-hydrogen) atoms. The molecule has 0 aliphatic heterocycles. The highest BCUT2D eigenvalue weighted by Gasteiger charge is 2.13. The van der Waals surface area contributed by atoms with Crippen LogP contribution in [0.3, 0.4) is 0 Å². The molecule has 2 aromatic carbocycles. The molecule has 1 aromatic heterocycles. The molecule has 0 aliphatic rings. The third-order valence-electron chi connectivity index (χ3n) is 3.29. The van der Waals surface area contributed by atoms with Crippen molar-refractivity contribution in [1.29, 1.82) is 0 Å². The van der Waals surface area contributed by atoms with E-state index in [9.17, 15) is 0 Å². The molecule has 5 heteroatoms. The van der Waals surface area contributed by atoms with Crippen LogP contribution in [0.25, 0.3) is 22.4 Å². The number of nitrogen functional groups attached to an aromatic ring is 1. The van der Waals surface area contributed by atoms with Crippen molar-refractivity contribution in [2.24, 2.45) is 0 Å². The smallest absolute Gasteiger partial charge is 0.148 e. The predicted molar refractivity (Wildman–Crippen MR) is 86.8 cm³/mol. The summed E-state index contributed by atoms with van der Waals surface area (Å²) in [6.07, 6.45) is 5.19. The lowest BCUT2D eigenvalue weighted by atomic mass is 10.2. The van der Waals surface area contributed by atoms with E-state index in [1.807, 2.05) is 30.3 Å². The number of anilines is 1. The molecule has 1 heterocycles. The number of nitrogens with two attached hydrogens (primary N) is 1. The molecule has 5 nitrogen and oxygen atoms in total. The van der Waals surface area contributed by atoms with Gasteiger partial charge in [-0.3, -0.25) is 0 Å². The van der Waals surface area contributed by atoms with E-state index in [0.29, 0.717) is 23.0 Å². The number of nitrogens with zero attached hydrogens (tertiary/aromatic N) is 1. The topological polar surface area (TPSA) is 73.2 Å². The van der Waals surface area contributed by atoms with Crippen LogP contribution in [0.4, 0.5) is 5.69 Å². The number of methoxy groups -OCH3 is 1. The Morgan fingerprint density at radius 3 is 2.91 bits per heavy atom. The minimum atomic E-state index is 0.212. The highest BCUT2D eigenvalue weighted by Crippen LogP contribution is 2.33. The van der Waals surface area contributed by atoms with Crippen LogP contribution in [0.2, 0.25) is 0 Å². The molecule has 0 radical (unpaired) electrons. The lowest BCUT2D eigenvalue weighted by Gasteiger charge is -2.09. The van der Waals surface area contributed by atoms with Crippen LogP contribution in [0.5, 0.6) is 11.5 Å². The standard InChI is InChI=1S/C17H15N3O2/c1-3-9-22-11-7-8-12(15(10-11)21-2)17-19-14-6-4-5-13(18)16(14)20-17/h1,4-8,10H,9,18H2,2H3,(H,19,20). The number of fused-ring (bicyclic) bond motifs is 1. The number of hydrogen-bond acceptors (Lipinski definition) is 4. The molecule has 3 rings (SSSR count). The van der Waals surface area contributed by atoms with Gasteiger partial charge in [0.25, 0.3) is 0 Å². The summed E-state index contributed by atoms with van der Waals surface area (Å²) in [5, 5.41) is 0. The van der Waals surface area contributed by atoms with Crippen LogP contribution in [0, 0.1) is 12.3 Å². The lowest BCUT2D eigenvalue weighted by Crippen LogP contribution is -1.95. The number of H-pyrrole nitrogens is 1. The highest BCUT2D eigenvalue weighted by atomic mass is 16.5. The van der Waals surface area contributed by atoms with Crippen molar-refractivity contribution in [1.82, 2.24) is 9.97 Å². The normalized spacial score (nSPS) is 10.4. The first-order valence-corrected chi connectivity index (χ1v) is 6.72. The first-order chi connectivity index (χ1) is 10.7. The fourth-order valence-electron chi connectivity index (χ4n) is 2.26. The zero-order chi connectivity index (χ0) is 15.5. The highest BCUT2D eigenvalue weighted by molar-refractivity contribution is 5.89. The van der Waals surface area contributed by atoms with Gasteiger partial charge in [0.05, 0.1) is 23.9 Å². The molecule has 0 unspecified atom stereocenters. The fourth-order valence-corrected chi connectivity index (χ4v) is 2.26. The van der Waals surface area contributed by atoms with Gasteiger partial charge in [-0.1, -0.05) is 12.0 Å². The summed E-state index contributed by atoms with van der Waals surface area (Å²) < 4.78 is 10.8. The maximum Gasteiger partial charge on any atom is 0.148 e. The van der Waals surface area contributed by atoms with Crippen molar-refractivity contribution >= 4 is 16.7 Å². The van der Waals surface area contributed by atoms with E-state index in [4.69, 9.17) is 21.6 Å². The lowest BCUT2D eigenvalue weighted by molar-refractivity contribution is 0.363. The molecule has 3 N–H and O–H groups in total. The van der Waals surface area contributed by atoms with E-state index in [2.05, 4.69) is 15.9 Å². The average molecular weight is 293 g/mol. The molecule has 0 amide bonds. The number of terminal acetylenes is 1. The molecule has 0 spiro atoms. The summed E-state index contributed by atoms with van der Waals surface area (Å²) in [5.41, 5.74) is 9.02. The van der Waals surface area contributed by atoms with E-state index in [0.717, 1.165) is 16.6 Å². The number of benzene rings is 2. The third kappa shape index (κ3) is 2.42. The fraction of sp³-hybridized carbons (Fsp3) is 0.118. The average Bonchev–Trinajstić information content (AvgIpc) is 2.98. The van der Waals surface area contributed by atoms with Gasteiger partial charge in [0, 0.05) is 6.07 Å². The van der Waals surface area contributed by atoms with Gasteiger partial charge in [0.1, 0.15) is 29.4 Å². The summed E-state index contributed by atoms with van der Waals surface area (Å²) in [6.45, 7) is 0.212. The largest absolute Gasteiger partial charge is 0.496 e. The summed E-state index contributed by atoms with van der Waals surface area (Å²) in [5.74, 6) is 4.41. The minimum Gasteiger partial charge on any atom is -0.496 e. The van der Waals surface area contributed by atoms with E-state index >= 15 is 0 Å². The summed E-state index contributed by atoms with van der Waals surface area (Å²) in [7, 11) is 1.60. The summed E-state index contributed by atoms with van der Waals surface area (Å²) in [6, 6.07) is 11.1.